The zero-order valence-corrected chi connectivity index (χ0v) is 12.7. The first-order chi connectivity index (χ1) is 10.2. The minimum absolute atomic E-state index is 0.111. The Morgan fingerprint density at radius 1 is 1.05 bits per heavy atom. The maximum Gasteiger partial charge on any atom is 0.126 e. The van der Waals surface area contributed by atoms with Gasteiger partial charge in [0.15, 0.2) is 0 Å². The summed E-state index contributed by atoms with van der Waals surface area (Å²) in [5.74, 6) is 0.620. The molecule has 1 aliphatic carbocycles. The van der Waals surface area contributed by atoms with Crippen LogP contribution in [0.4, 0.5) is 4.39 Å². The first-order valence-electron chi connectivity index (χ1n) is 7.72. The van der Waals surface area contributed by atoms with Crippen LogP contribution in [-0.4, -0.2) is 7.05 Å². The largest absolute Gasteiger partial charge is 0.309 e. The minimum atomic E-state index is -0.145. The van der Waals surface area contributed by atoms with Gasteiger partial charge >= 0.3 is 0 Å². The van der Waals surface area contributed by atoms with Crippen LogP contribution in [0.2, 0.25) is 0 Å². The van der Waals surface area contributed by atoms with Crippen LogP contribution in [0.3, 0.4) is 0 Å². The molecule has 1 atom stereocenters. The highest BCUT2D eigenvalue weighted by molar-refractivity contribution is 5.36. The summed E-state index contributed by atoms with van der Waals surface area (Å²) in [7, 11) is 1.95. The second-order valence-corrected chi connectivity index (χ2v) is 6.02. The Kier molecular flexibility index (Phi) is 4.07. The van der Waals surface area contributed by atoms with Gasteiger partial charge in [0.2, 0.25) is 0 Å². The zero-order chi connectivity index (χ0) is 14.8. The number of benzene rings is 2. The van der Waals surface area contributed by atoms with E-state index in [1.165, 1.54) is 30.4 Å². The lowest BCUT2D eigenvalue weighted by Gasteiger charge is -2.26. The van der Waals surface area contributed by atoms with E-state index in [4.69, 9.17) is 0 Å². The lowest BCUT2D eigenvalue weighted by Crippen LogP contribution is -2.18. The van der Waals surface area contributed by atoms with Crippen LogP contribution in [0.15, 0.2) is 42.5 Å². The minimum Gasteiger partial charge on any atom is -0.309 e. The molecule has 110 valence electrons. The Labute approximate surface area is 126 Å². The number of rotatable bonds is 4. The van der Waals surface area contributed by atoms with Gasteiger partial charge in [0.1, 0.15) is 5.82 Å². The van der Waals surface area contributed by atoms with Gasteiger partial charge in [0, 0.05) is 0 Å². The Hall–Kier alpha value is -1.67. The van der Waals surface area contributed by atoms with E-state index in [9.17, 15) is 4.39 Å². The smallest absolute Gasteiger partial charge is 0.126 e. The van der Waals surface area contributed by atoms with Gasteiger partial charge in [0.25, 0.3) is 0 Å². The van der Waals surface area contributed by atoms with Crippen molar-refractivity contribution in [1.82, 2.24) is 5.32 Å². The standard InChI is InChI=1S/C19H22FN/c1-13-12-17(10-11-18(13)20)19(21-2)16-8-6-15(7-9-16)14-4-3-5-14/h6-12,14,19,21H,3-5H2,1-2H3. The summed E-state index contributed by atoms with van der Waals surface area (Å²) in [4.78, 5) is 0. The van der Waals surface area contributed by atoms with Gasteiger partial charge in [-0.1, -0.05) is 42.8 Å². The summed E-state index contributed by atoms with van der Waals surface area (Å²) in [6, 6.07) is 14.4. The van der Waals surface area contributed by atoms with Crippen molar-refractivity contribution in [2.24, 2.45) is 0 Å². The molecule has 3 rings (SSSR count). The third kappa shape index (κ3) is 2.86. The average Bonchev–Trinajstić information content (AvgIpc) is 2.43. The fourth-order valence-electron chi connectivity index (χ4n) is 3.08. The summed E-state index contributed by atoms with van der Waals surface area (Å²) in [6.45, 7) is 1.81. The van der Waals surface area contributed by atoms with Gasteiger partial charge in [0.05, 0.1) is 6.04 Å². The summed E-state index contributed by atoms with van der Waals surface area (Å²) < 4.78 is 13.4. The molecule has 0 amide bonds. The molecule has 1 aliphatic rings. The Bertz CT molecular complexity index is 614. The second-order valence-electron chi connectivity index (χ2n) is 6.02. The molecule has 0 spiro atoms. The van der Waals surface area contributed by atoms with E-state index < -0.39 is 0 Å². The normalized spacial score (nSPS) is 16.5. The molecular formula is C19H22FN. The van der Waals surface area contributed by atoms with E-state index in [0.29, 0.717) is 5.56 Å². The number of hydrogen-bond donors (Lipinski definition) is 1. The average molecular weight is 283 g/mol. The third-order valence-corrected chi connectivity index (χ3v) is 4.65. The second kappa shape index (κ2) is 5.98. The van der Waals surface area contributed by atoms with Gasteiger partial charge in [-0.15, -0.1) is 0 Å². The molecule has 2 aromatic carbocycles. The van der Waals surface area contributed by atoms with Crippen LogP contribution in [-0.2, 0) is 0 Å². The summed E-state index contributed by atoms with van der Waals surface area (Å²) in [5.41, 5.74) is 4.48. The molecule has 1 N–H and O–H groups in total. The summed E-state index contributed by atoms with van der Waals surface area (Å²) in [6.07, 6.45) is 4.01. The van der Waals surface area contributed by atoms with Gasteiger partial charge in [-0.3, -0.25) is 0 Å². The van der Waals surface area contributed by atoms with Gasteiger partial charge < -0.3 is 5.32 Å². The number of hydrogen-bond acceptors (Lipinski definition) is 1. The molecule has 0 aliphatic heterocycles. The summed E-state index contributed by atoms with van der Waals surface area (Å²) >= 11 is 0. The maximum atomic E-state index is 13.4. The highest BCUT2D eigenvalue weighted by Gasteiger charge is 2.20. The SMILES string of the molecule is CNC(c1ccc(C2CCC2)cc1)c1ccc(F)c(C)c1. The number of halogens is 1. The Morgan fingerprint density at radius 2 is 1.71 bits per heavy atom. The van der Waals surface area contributed by atoms with Crippen molar-refractivity contribution in [2.75, 3.05) is 7.05 Å². The fourth-order valence-corrected chi connectivity index (χ4v) is 3.08. The van der Waals surface area contributed by atoms with Gasteiger partial charge in [-0.25, -0.2) is 4.39 Å². The zero-order valence-electron chi connectivity index (χ0n) is 12.7. The lowest BCUT2D eigenvalue weighted by molar-refractivity contribution is 0.419. The monoisotopic (exact) mass is 283 g/mol. The molecule has 1 nitrogen and oxygen atoms in total. The molecule has 1 fully saturated rings. The predicted octanol–water partition coefficient (Wildman–Crippen LogP) is 4.71. The van der Waals surface area contributed by atoms with E-state index in [1.807, 2.05) is 26.1 Å². The first kappa shape index (κ1) is 14.3. The Morgan fingerprint density at radius 3 is 2.24 bits per heavy atom. The fraction of sp³-hybridized carbons (Fsp3) is 0.368. The van der Waals surface area contributed by atoms with E-state index in [0.717, 1.165) is 11.5 Å². The van der Waals surface area contributed by atoms with Crippen LogP contribution < -0.4 is 5.32 Å². The van der Waals surface area contributed by atoms with Crippen LogP contribution in [0.5, 0.6) is 0 Å². The van der Waals surface area contributed by atoms with Gasteiger partial charge in [-0.2, -0.15) is 0 Å². The van der Waals surface area contributed by atoms with Crippen molar-refractivity contribution in [3.63, 3.8) is 0 Å². The third-order valence-electron chi connectivity index (χ3n) is 4.65. The molecule has 0 heterocycles. The quantitative estimate of drug-likeness (QED) is 0.857. The molecule has 1 saturated carbocycles. The summed E-state index contributed by atoms with van der Waals surface area (Å²) in [5, 5.41) is 3.34. The predicted molar refractivity (Wildman–Crippen MR) is 85.1 cm³/mol. The van der Waals surface area contributed by atoms with Crippen molar-refractivity contribution in [3.8, 4) is 0 Å². The van der Waals surface area contributed by atoms with E-state index in [2.05, 4.69) is 29.6 Å². The molecule has 0 bridgehead atoms. The van der Waals surface area contributed by atoms with Crippen LogP contribution in [0.1, 0.15) is 53.5 Å². The molecule has 0 aromatic heterocycles. The Balaban J connectivity index is 1.86. The van der Waals surface area contributed by atoms with E-state index >= 15 is 0 Å². The van der Waals surface area contributed by atoms with Crippen molar-refractivity contribution in [2.45, 2.75) is 38.1 Å². The van der Waals surface area contributed by atoms with Crippen molar-refractivity contribution >= 4 is 0 Å². The molecule has 0 radical (unpaired) electrons. The molecule has 2 aromatic rings. The topological polar surface area (TPSA) is 12.0 Å². The highest BCUT2D eigenvalue weighted by Crippen LogP contribution is 2.36. The maximum absolute atomic E-state index is 13.4. The molecular weight excluding hydrogens is 261 g/mol. The number of nitrogens with one attached hydrogen (secondary N) is 1. The molecule has 1 unspecified atom stereocenters. The first-order valence-corrected chi connectivity index (χ1v) is 7.72. The number of aryl methyl sites for hydroxylation is 1. The van der Waals surface area contributed by atoms with E-state index in [1.54, 1.807) is 6.07 Å². The van der Waals surface area contributed by atoms with Crippen LogP contribution in [0.25, 0.3) is 0 Å². The highest BCUT2D eigenvalue weighted by atomic mass is 19.1. The van der Waals surface area contributed by atoms with Crippen molar-refractivity contribution in [3.05, 3.63) is 70.5 Å². The van der Waals surface area contributed by atoms with Crippen molar-refractivity contribution < 1.29 is 4.39 Å². The molecule has 0 saturated heterocycles. The van der Waals surface area contributed by atoms with E-state index in [-0.39, 0.29) is 11.9 Å². The van der Waals surface area contributed by atoms with Gasteiger partial charge in [-0.05, 0) is 61.1 Å². The molecule has 21 heavy (non-hydrogen) atoms. The van der Waals surface area contributed by atoms with Crippen molar-refractivity contribution in [1.29, 1.82) is 0 Å². The molecule has 2 heteroatoms. The van der Waals surface area contributed by atoms with Crippen LogP contribution >= 0.6 is 0 Å². The lowest BCUT2D eigenvalue weighted by atomic mass is 9.79. The van der Waals surface area contributed by atoms with Crippen LogP contribution in [0, 0.1) is 12.7 Å².